The minimum atomic E-state index is 0.183. The molecule has 1 aliphatic heterocycles. The van der Waals surface area contributed by atoms with E-state index < -0.39 is 0 Å². The maximum Gasteiger partial charge on any atom is 0.231 e. The number of methoxy groups -OCH3 is 1. The summed E-state index contributed by atoms with van der Waals surface area (Å²) in [5, 5.41) is 17.0. The molecule has 0 fully saturated rings. The highest BCUT2D eigenvalue weighted by molar-refractivity contribution is 6.24. The van der Waals surface area contributed by atoms with Gasteiger partial charge in [0.1, 0.15) is 0 Å². The predicted molar refractivity (Wildman–Crippen MR) is 107 cm³/mol. The number of rotatable bonds is 3. The first-order chi connectivity index (χ1) is 13.2. The van der Waals surface area contributed by atoms with Crippen LogP contribution in [-0.2, 0) is 6.42 Å². The maximum absolute atomic E-state index is 11.0. The zero-order chi connectivity index (χ0) is 18.5. The SMILES string of the molecule is CCCc1cc2c(O)c(OC)c3ccccc3c2c2cc3c(cc12)OCO3. The van der Waals surface area contributed by atoms with E-state index in [2.05, 4.69) is 25.1 Å². The van der Waals surface area contributed by atoms with Crippen molar-refractivity contribution in [2.24, 2.45) is 0 Å². The van der Waals surface area contributed by atoms with Crippen molar-refractivity contribution < 1.29 is 19.3 Å². The monoisotopic (exact) mass is 360 g/mol. The lowest BCUT2D eigenvalue weighted by molar-refractivity contribution is 0.174. The Kier molecular flexibility index (Phi) is 3.54. The molecule has 0 aromatic heterocycles. The summed E-state index contributed by atoms with van der Waals surface area (Å²) in [6.45, 7) is 2.40. The first-order valence-corrected chi connectivity index (χ1v) is 9.19. The average molecular weight is 360 g/mol. The van der Waals surface area contributed by atoms with Gasteiger partial charge in [-0.05, 0) is 46.3 Å². The molecule has 5 rings (SSSR count). The lowest BCUT2D eigenvalue weighted by Gasteiger charge is -2.17. The molecule has 0 spiro atoms. The second-order valence-corrected chi connectivity index (χ2v) is 6.89. The van der Waals surface area contributed by atoms with Gasteiger partial charge in [-0.3, -0.25) is 0 Å². The quantitative estimate of drug-likeness (QED) is 0.487. The molecule has 0 amide bonds. The topological polar surface area (TPSA) is 47.9 Å². The number of phenols is 1. The lowest BCUT2D eigenvalue weighted by Crippen LogP contribution is -1.93. The van der Waals surface area contributed by atoms with E-state index in [0.717, 1.165) is 56.7 Å². The summed E-state index contributed by atoms with van der Waals surface area (Å²) in [5.41, 5.74) is 1.19. The highest BCUT2D eigenvalue weighted by Gasteiger charge is 2.21. The molecule has 4 aromatic rings. The van der Waals surface area contributed by atoms with Gasteiger partial charge in [-0.15, -0.1) is 0 Å². The van der Waals surface area contributed by atoms with Crippen LogP contribution in [-0.4, -0.2) is 19.0 Å². The van der Waals surface area contributed by atoms with Crippen molar-refractivity contribution in [3.05, 3.63) is 48.0 Å². The Labute approximate surface area is 156 Å². The predicted octanol–water partition coefficient (Wildman–Crippen LogP) is 5.54. The molecule has 27 heavy (non-hydrogen) atoms. The van der Waals surface area contributed by atoms with E-state index in [4.69, 9.17) is 14.2 Å². The van der Waals surface area contributed by atoms with E-state index in [1.165, 1.54) is 5.56 Å². The van der Waals surface area contributed by atoms with E-state index in [0.29, 0.717) is 5.75 Å². The summed E-state index contributed by atoms with van der Waals surface area (Å²) in [6.07, 6.45) is 1.93. The van der Waals surface area contributed by atoms with Crippen molar-refractivity contribution in [3.63, 3.8) is 0 Å². The molecular formula is C23H20O4. The molecule has 0 atom stereocenters. The third-order valence-electron chi connectivity index (χ3n) is 5.35. The van der Waals surface area contributed by atoms with Gasteiger partial charge in [-0.25, -0.2) is 0 Å². The molecule has 0 bridgehead atoms. The highest BCUT2D eigenvalue weighted by Crippen LogP contribution is 2.48. The van der Waals surface area contributed by atoms with Gasteiger partial charge in [0.05, 0.1) is 7.11 Å². The number of hydrogen-bond acceptors (Lipinski definition) is 4. The van der Waals surface area contributed by atoms with Gasteiger partial charge in [-0.2, -0.15) is 0 Å². The Hall–Kier alpha value is -3.14. The van der Waals surface area contributed by atoms with E-state index >= 15 is 0 Å². The number of aryl methyl sites for hydroxylation is 1. The van der Waals surface area contributed by atoms with Gasteiger partial charge >= 0.3 is 0 Å². The summed E-state index contributed by atoms with van der Waals surface area (Å²) >= 11 is 0. The molecule has 1 N–H and O–H groups in total. The van der Waals surface area contributed by atoms with Crippen LogP contribution in [0.15, 0.2) is 42.5 Å². The molecule has 0 unspecified atom stereocenters. The van der Waals surface area contributed by atoms with Crippen LogP contribution in [0.2, 0.25) is 0 Å². The number of phenolic OH excluding ortho intramolecular Hbond substituents is 1. The summed E-state index contributed by atoms with van der Waals surface area (Å²) in [5.74, 6) is 2.22. The average Bonchev–Trinajstić information content (AvgIpc) is 3.15. The zero-order valence-electron chi connectivity index (χ0n) is 15.3. The van der Waals surface area contributed by atoms with Crippen molar-refractivity contribution in [2.45, 2.75) is 19.8 Å². The second-order valence-electron chi connectivity index (χ2n) is 6.89. The standard InChI is InChI=1S/C23H20O4/c1-3-6-13-9-18-21(17-11-20-19(10-16(13)17)26-12-27-20)14-7-4-5-8-15(14)23(25-2)22(18)24/h4-5,7-11,24H,3,6,12H2,1-2H3. The normalized spacial score (nSPS) is 13.0. The van der Waals surface area contributed by atoms with Gasteiger partial charge in [0, 0.05) is 16.2 Å². The number of fused-ring (bicyclic) bond motifs is 6. The Morgan fingerprint density at radius 2 is 1.63 bits per heavy atom. The van der Waals surface area contributed by atoms with Gasteiger partial charge in [0.15, 0.2) is 23.0 Å². The fraction of sp³-hybridized carbons (Fsp3) is 0.217. The van der Waals surface area contributed by atoms with Crippen LogP contribution in [0.3, 0.4) is 0 Å². The Balaban J connectivity index is 2.05. The van der Waals surface area contributed by atoms with Crippen LogP contribution in [0, 0.1) is 0 Å². The van der Waals surface area contributed by atoms with Gasteiger partial charge in [0.25, 0.3) is 0 Å². The van der Waals surface area contributed by atoms with Crippen LogP contribution in [0.25, 0.3) is 32.3 Å². The largest absolute Gasteiger partial charge is 0.504 e. The summed E-state index contributed by atoms with van der Waals surface area (Å²) < 4.78 is 16.8. The molecule has 4 nitrogen and oxygen atoms in total. The molecule has 1 aliphatic rings. The molecule has 0 radical (unpaired) electrons. The molecule has 0 aliphatic carbocycles. The number of aromatic hydroxyl groups is 1. The van der Waals surface area contributed by atoms with Crippen LogP contribution in [0.4, 0.5) is 0 Å². The molecular weight excluding hydrogens is 340 g/mol. The minimum absolute atomic E-state index is 0.183. The van der Waals surface area contributed by atoms with Crippen molar-refractivity contribution in [1.82, 2.24) is 0 Å². The van der Waals surface area contributed by atoms with Crippen LogP contribution >= 0.6 is 0 Å². The number of benzene rings is 4. The molecule has 1 heterocycles. The van der Waals surface area contributed by atoms with Crippen LogP contribution in [0.5, 0.6) is 23.0 Å². The molecule has 4 aromatic carbocycles. The first kappa shape index (κ1) is 16.1. The Morgan fingerprint density at radius 1 is 0.926 bits per heavy atom. The van der Waals surface area contributed by atoms with E-state index in [1.807, 2.05) is 24.3 Å². The zero-order valence-corrected chi connectivity index (χ0v) is 15.3. The fourth-order valence-electron chi connectivity index (χ4n) is 4.19. The summed E-state index contributed by atoms with van der Waals surface area (Å²) in [6, 6.07) is 14.2. The Morgan fingerprint density at radius 3 is 2.33 bits per heavy atom. The number of ether oxygens (including phenoxy) is 3. The van der Waals surface area contributed by atoms with Gasteiger partial charge < -0.3 is 19.3 Å². The number of hydrogen-bond donors (Lipinski definition) is 1. The van der Waals surface area contributed by atoms with Crippen LogP contribution < -0.4 is 14.2 Å². The lowest BCUT2D eigenvalue weighted by atomic mass is 9.90. The van der Waals surface area contributed by atoms with Gasteiger partial charge in [-0.1, -0.05) is 37.6 Å². The third kappa shape index (κ3) is 2.23. The fourth-order valence-corrected chi connectivity index (χ4v) is 4.19. The van der Waals surface area contributed by atoms with Crippen molar-refractivity contribution >= 4 is 32.3 Å². The van der Waals surface area contributed by atoms with Crippen molar-refractivity contribution in [2.75, 3.05) is 13.9 Å². The maximum atomic E-state index is 11.0. The van der Waals surface area contributed by atoms with Crippen molar-refractivity contribution in [1.29, 1.82) is 0 Å². The molecule has 0 saturated carbocycles. The molecule has 4 heteroatoms. The second kappa shape index (κ2) is 5.95. The molecule has 0 saturated heterocycles. The highest BCUT2D eigenvalue weighted by atomic mass is 16.7. The van der Waals surface area contributed by atoms with Gasteiger partial charge in [0.2, 0.25) is 6.79 Å². The summed E-state index contributed by atoms with van der Waals surface area (Å²) in [7, 11) is 1.60. The molecule has 136 valence electrons. The van der Waals surface area contributed by atoms with Crippen molar-refractivity contribution in [3.8, 4) is 23.0 Å². The minimum Gasteiger partial charge on any atom is -0.504 e. The smallest absolute Gasteiger partial charge is 0.231 e. The van der Waals surface area contributed by atoms with Crippen LogP contribution in [0.1, 0.15) is 18.9 Å². The Bertz CT molecular complexity index is 1210. The first-order valence-electron chi connectivity index (χ1n) is 9.19. The van der Waals surface area contributed by atoms with E-state index in [9.17, 15) is 5.11 Å². The summed E-state index contributed by atoms with van der Waals surface area (Å²) in [4.78, 5) is 0. The van der Waals surface area contributed by atoms with E-state index in [-0.39, 0.29) is 12.5 Å². The third-order valence-corrected chi connectivity index (χ3v) is 5.35. The van der Waals surface area contributed by atoms with E-state index in [1.54, 1.807) is 7.11 Å².